The van der Waals surface area contributed by atoms with Crippen LogP contribution in [0.5, 0.6) is 0 Å². The van der Waals surface area contributed by atoms with E-state index in [1.165, 1.54) is 17.5 Å². The minimum absolute atomic E-state index is 0.355. The molecule has 2 unspecified atom stereocenters. The molecule has 76 valence electrons. The Morgan fingerprint density at radius 2 is 2.07 bits per heavy atom. The summed E-state index contributed by atoms with van der Waals surface area (Å²) >= 11 is 0. The molecule has 0 saturated heterocycles. The van der Waals surface area contributed by atoms with Crippen molar-refractivity contribution in [2.75, 3.05) is 0 Å². The maximum Gasteiger partial charge on any atom is 0.00678 e. The molecule has 14 heavy (non-hydrogen) atoms. The lowest BCUT2D eigenvalue weighted by Gasteiger charge is -2.33. The molecule has 0 fully saturated rings. The van der Waals surface area contributed by atoms with Crippen LogP contribution >= 0.6 is 0 Å². The maximum atomic E-state index is 6.08. The van der Waals surface area contributed by atoms with Gasteiger partial charge in [0.2, 0.25) is 0 Å². The van der Waals surface area contributed by atoms with Crippen LogP contribution in [0.2, 0.25) is 0 Å². The number of benzene rings is 1. The second-order valence-corrected chi connectivity index (χ2v) is 4.74. The number of rotatable bonds is 3. The Morgan fingerprint density at radius 1 is 1.36 bits per heavy atom. The van der Waals surface area contributed by atoms with Crippen molar-refractivity contribution < 1.29 is 0 Å². The predicted octanol–water partition coefficient (Wildman–Crippen LogP) is 2.70. The van der Waals surface area contributed by atoms with Crippen LogP contribution in [0.3, 0.4) is 0 Å². The zero-order chi connectivity index (χ0) is 10.1. The second kappa shape index (κ2) is 3.74. The Balaban J connectivity index is 1.99. The summed E-state index contributed by atoms with van der Waals surface area (Å²) in [5.74, 6) is 1.33. The van der Waals surface area contributed by atoms with E-state index in [0.29, 0.717) is 12.0 Å². The maximum absolute atomic E-state index is 6.08. The minimum Gasteiger partial charge on any atom is -0.327 e. The Kier molecular flexibility index (Phi) is 2.60. The summed E-state index contributed by atoms with van der Waals surface area (Å²) in [4.78, 5) is 0. The van der Waals surface area contributed by atoms with Gasteiger partial charge in [-0.3, -0.25) is 0 Å². The van der Waals surface area contributed by atoms with E-state index in [-0.39, 0.29) is 0 Å². The van der Waals surface area contributed by atoms with E-state index < -0.39 is 0 Å². The summed E-state index contributed by atoms with van der Waals surface area (Å²) in [7, 11) is 0. The lowest BCUT2D eigenvalue weighted by atomic mass is 9.73. The third kappa shape index (κ3) is 1.69. The molecule has 1 nitrogen and oxygen atoms in total. The zero-order valence-corrected chi connectivity index (χ0v) is 9.03. The highest BCUT2D eigenvalue weighted by molar-refractivity contribution is 5.39. The van der Waals surface area contributed by atoms with Crippen molar-refractivity contribution in [3.63, 3.8) is 0 Å². The summed E-state index contributed by atoms with van der Waals surface area (Å²) in [5, 5.41) is 0. The van der Waals surface area contributed by atoms with Crippen molar-refractivity contribution in [1.29, 1.82) is 0 Å². The van der Waals surface area contributed by atoms with Gasteiger partial charge in [-0.1, -0.05) is 38.1 Å². The van der Waals surface area contributed by atoms with Gasteiger partial charge in [-0.05, 0) is 35.8 Å². The van der Waals surface area contributed by atoms with Gasteiger partial charge in [0.05, 0.1) is 0 Å². The van der Waals surface area contributed by atoms with Gasteiger partial charge in [0.15, 0.2) is 0 Å². The van der Waals surface area contributed by atoms with Gasteiger partial charge in [-0.2, -0.15) is 0 Å². The Labute approximate surface area is 86.3 Å². The van der Waals surface area contributed by atoms with Gasteiger partial charge in [-0.25, -0.2) is 0 Å². The lowest BCUT2D eigenvalue weighted by molar-refractivity contribution is 0.406. The van der Waals surface area contributed by atoms with E-state index in [4.69, 9.17) is 5.73 Å². The molecule has 1 aliphatic rings. The van der Waals surface area contributed by atoms with E-state index in [2.05, 4.69) is 38.1 Å². The van der Waals surface area contributed by atoms with Crippen LogP contribution in [-0.2, 0) is 6.42 Å². The molecule has 1 heteroatoms. The highest BCUT2D eigenvalue weighted by atomic mass is 14.6. The van der Waals surface area contributed by atoms with E-state index >= 15 is 0 Å². The number of fused-ring (bicyclic) bond motifs is 1. The molecule has 0 amide bonds. The number of nitrogens with two attached hydrogens (primary N) is 1. The molecule has 2 atom stereocenters. The molecule has 0 heterocycles. The average molecular weight is 189 g/mol. The average Bonchev–Trinajstić information content (AvgIpc) is 2.13. The molecule has 0 saturated carbocycles. The van der Waals surface area contributed by atoms with Gasteiger partial charge in [0.25, 0.3) is 0 Å². The largest absolute Gasteiger partial charge is 0.327 e. The van der Waals surface area contributed by atoms with E-state index in [1.807, 2.05) is 0 Å². The molecular formula is C13H19N. The van der Waals surface area contributed by atoms with E-state index in [1.54, 1.807) is 0 Å². The van der Waals surface area contributed by atoms with Gasteiger partial charge in [0, 0.05) is 6.04 Å². The SMILES string of the molecule is CC(C)C(N)CC1Cc2ccccc21. The first-order valence-electron chi connectivity index (χ1n) is 5.52. The summed E-state index contributed by atoms with van der Waals surface area (Å²) in [5.41, 5.74) is 9.14. The quantitative estimate of drug-likeness (QED) is 0.777. The van der Waals surface area contributed by atoms with Crippen molar-refractivity contribution in [2.24, 2.45) is 11.7 Å². The monoisotopic (exact) mass is 189 g/mol. The topological polar surface area (TPSA) is 26.0 Å². The summed E-state index contributed by atoms with van der Waals surface area (Å²) < 4.78 is 0. The normalized spacial score (nSPS) is 21.6. The van der Waals surface area contributed by atoms with Crippen LogP contribution in [0, 0.1) is 5.92 Å². The first-order valence-corrected chi connectivity index (χ1v) is 5.52. The van der Waals surface area contributed by atoms with Crippen LogP contribution < -0.4 is 5.73 Å². The van der Waals surface area contributed by atoms with Gasteiger partial charge < -0.3 is 5.73 Å². The molecule has 2 rings (SSSR count). The molecule has 1 aromatic carbocycles. The molecule has 2 N–H and O–H groups in total. The van der Waals surface area contributed by atoms with Crippen molar-refractivity contribution in [1.82, 2.24) is 0 Å². The van der Waals surface area contributed by atoms with Crippen LogP contribution in [-0.4, -0.2) is 6.04 Å². The summed E-state index contributed by atoms with van der Waals surface area (Å²) in [6.45, 7) is 4.41. The smallest absolute Gasteiger partial charge is 0.00678 e. The first-order chi connectivity index (χ1) is 6.68. The molecular weight excluding hydrogens is 170 g/mol. The van der Waals surface area contributed by atoms with E-state index in [9.17, 15) is 0 Å². The third-order valence-corrected chi connectivity index (χ3v) is 3.37. The molecule has 1 aliphatic carbocycles. The zero-order valence-electron chi connectivity index (χ0n) is 9.03. The van der Waals surface area contributed by atoms with Crippen molar-refractivity contribution in [3.05, 3.63) is 35.4 Å². The van der Waals surface area contributed by atoms with Crippen LogP contribution in [0.4, 0.5) is 0 Å². The number of hydrogen-bond donors (Lipinski definition) is 1. The predicted molar refractivity (Wildman–Crippen MR) is 60.3 cm³/mol. The molecule has 0 aliphatic heterocycles. The standard InChI is InChI=1S/C13H19N/c1-9(2)13(14)8-11-7-10-5-3-4-6-12(10)11/h3-6,9,11,13H,7-8,14H2,1-2H3. The van der Waals surface area contributed by atoms with Crippen molar-refractivity contribution >= 4 is 0 Å². The fraction of sp³-hybridized carbons (Fsp3) is 0.538. The molecule has 0 bridgehead atoms. The fourth-order valence-electron chi connectivity index (χ4n) is 2.17. The minimum atomic E-state index is 0.355. The summed E-state index contributed by atoms with van der Waals surface area (Å²) in [6, 6.07) is 9.08. The Hall–Kier alpha value is -0.820. The van der Waals surface area contributed by atoms with Gasteiger partial charge in [-0.15, -0.1) is 0 Å². The molecule has 0 radical (unpaired) electrons. The Morgan fingerprint density at radius 3 is 2.71 bits per heavy atom. The molecule has 0 spiro atoms. The second-order valence-electron chi connectivity index (χ2n) is 4.74. The Bertz CT molecular complexity index is 317. The fourth-order valence-corrected chi connectivity index (χ4v) is 2.17. The summed E-state index contributed by atoms with van der Waals surface area (Å²) in [6.07, 6.45) is 2.38. The number of hydrogen-bond acceptors (Lipinski definition) is 1. The highest BCUT2D eigenvalue weighted by Gasteiger charge is 2.27. The molecule has 1 aromatic rings. The van der Waals surface area contributed by atoms with Crippen molar-refractivity contribution in [3.8, 4) is 0 Å². The first kappa shape index (κ1) is 9.72. The highest BCUT2D eigenvalue weighted by Crippen LogP contribution is 2.38. The van der Waals surface area contributed by atoms with Gasteiger partial charge in [0.1, 0.15) is 0 Å². The van der Waals surface area contributed by atoms with Crippen LogP contribution in [0.15, 0.2) is 24.3 Å². The van der Waals surface area contributed by atoms with Crippen LogP contribution in [0.25, 0.3) is 0 Å². The molecule has 0 aromatic heterocycles. The van der Waals surface area contributed by atoms with Crippen LogP contribution in [0.1, 0.15) is 37.3 Å². The third-order valence-electron chi connectivity index (χ3n) is 3.37. The van der Waals surface area contributed by atoms with E-state index in [0.717, 1.165) is 12.3 Å². The lowest BCUT2D eigenvalue weighted by Crippen LogP contribution is -2.31. The van der Waals surface area contributed by atoms with Gasteiger partial charge >= 0.3 is 0 Å². The van der Waals surface area contributed by atoms with Crippen molar-refractivity contribution in [2.45, 2.75) is 38.6 Å².